The summed E-state index contributed by atoms with van der Waals surface area (Å²) in [6, 6.07) is 17.1. The Morgan fingerprint density at radius 2 is 1.89 bits per heavy atom. The summed E-state index contributed by atoms with van der Waals surface area (Å²) in [5, 5.41) is 12.3. The van der Waals surface area contributed by atoms with E-state index in [-0.39, 0.29) is 30.6 Å². The van der Waals surface area contributed by atoms with Crippen LogP contribution in [0.15, 0.2) is 65.9 Å². The zero-order valence-electron chi connectivity index (χ0n) is 21.7. The number of methoxy groups -OCH3 is 1. The van der Waals surface area contributed by atoms with Crippen LogP contribution in [0.25, 0.3) is 11.1 Å². The van der Waals surface area contributed by atoms with Gasteiger partial charge < -0.3 is 15.0 Å². The highest BCUT2D eigenvalue weighted by molar-refractivity contribution is 6.01. The van der Waals surface area contributed by atoms with Crippen LogP contribution in [-0.4, -0.2) is 54.8 Å². The van der Waals surface area contributed by atoms with Crippen LogP contribution < -0.4 is 10.2 Å². The molecule has 0 radical (unpaired) electrons. The summed E-state index contributed by atoms with van der Waals surface area (Å²) < 4.78 is 4.89. The van der Waals surface area contributed by atoms with E-state index in [1.165, 1.54) is 7.11 Å². The van der Waals surface area contributed by atoms with Crippen molar-refractivity contribution in [3.8, 4) is 17.2 Å². The predicted molar refractivity (Wildman–Crippen MR) is 146 cm³/mol. The minimum atomic E-state index is -0.628. The van der Waals surface area contributed by atoms with Crippen LogP contribution in [0.2, 0.25) is 0 Å². The number of amides is 3. The van der Waals surface area contributed by atoms with Gasteiger partial charge in [0.25, 0.3) is 0 Å². The molecule has 0 bridgehead atoms. The number of pyridine rings is 1. The highest BCUT2D eigenvalue weighted by Crippen LogP contribution is 2.45. The molecule has 1 aromatic heterocycles. The van der Waals surface area contributed by atoms with Gasteiger partial charge in [0.1, 0.15) is 6.61 Å². The highest BCUT2D eigenvalue weighted by Gasteiger charge is 2.47. The third-order valence-electron chi connectivity index (χ3n) is 7.05. The quantitative estimate of drug-likeness (QED) is 0.513. The standard InChI is InChI=1S/C29H28N6O3/c1-29(2,17-30)20-6-8-22(9-7-20)35-27-23-12-18(5-10-24(23)32-15-25(27)34(3)28(35)37)19-11-21(14-31-13-19)33-26(36)16-38-4/h5-15,25,27H,16H2,1-4H3,(H,33,36). The van der Waals surface area contributed by atoms with E-state index in [1.54, 1.807) is 29.2 Å². The fourth-order valence-electron chi connectivity index (χ4n) is 4.90. The van der Waals surface area contributed by atoms with Crippen LogP contribution in [0.5, 0.6) is 0 Å². The first-order chi connectivity index (χ1) is 18.2. The number of aliphatic imine (C=N–C) groups is 1. The van der Waals surface area contributed by atoms with Crippen molar-refractivity contribution in [1.29, 1.82) is 5.26 Å². The Morgan fingerprint density at radius 1 is 1.13 bits per heavy atom. The summed E-state index contributed by atoms with van der Waals surface area (Å²) in [4.78, 5) is 37.9. The molecule has 1 saturated heterocycles. The van der Waals surface area contributed by atoms with E-state index in [9.17, 15) is 14.9 Å². The first kappa shape index (κ1) is 25.1. The number of hydrogen-bond donors (Lipinski definition) is 1. The molecule has 3 amide bonds. The van der Waals surface area contributed by atoms with Gasteiger partial charge in [0.15, 0.2) is 0 Å². The number of nitriles is 1. The Labute approximate surface area is 221 Å². The molecule has 0 saturated carbocycles. The number of hydrogen-bond acceptors (Lipinski definition) is 6. The molecule has 0 aliphatic carbocycles. The summed E-state index contributed by atoms with van der Waals surface area (Å²) in [6.07, 6.45) is 5.14. The van der Waals surface area contributed by atoms with Gasteiger partial charge in [-0.25, -0.2) is 4.79 Å². The molecular formula is C29H28N6O3. The minimum absolute atomic E-state index is 0.0451. The van der Waals surface area contributed by atoms with Gasteiger partial charge in [0.2, 0.25) is 5.91 Å². The molecule has 9 heteroatoms. The van der Waals surface area contributed by atoms with Crippen molar-refractivity contribution in [2.45, 2.75) is 31.3 Å². The molecule has 5 rings (SSSR count). The fourth-order valence-corrected chi connectivity index (χ4v) is 4.90. The minimum Gasteiger partial charge on any atom is -0.375 e. The molecular weight excluding hydrogens is 480 g/mol. The monoisotopic (exact) mass is 508 g/mol. The first-order valence-corrected chi connectivity index (χ1v) is 12.2. The lowest BCUT2D eigenvalue weighted by molar-refractivity contribution is -0.119. The highest BCUT2D eigenvalue weighted by atomic mass is 16.5. The summed E-state index contributed by atoms with van der Waals surface area (Å²) in [7, 11) is 3.25. The van der Waals surface area contributed by atoms with Gasteiger partial charge in [-0.15, -0.1) is 0 Å². The number of likely N-dealkylation sites (N-methyl/N-ethyl adjacent to an activating group) is 1. The van der Waals surface area contributed by atoms with Crippen molar-refractivity contribution < 1.29 is 14.3 Å². The average Bonchev–Trinajstić information content (AvgIpc) is 3.18. The Balaban J connectivity index is 1.52. The third-order valence-corrected chi connectivity index (χ3v) is 7.05. The SMILES string of the molecule is COCC(=O)Nc1cncc(-c2ccc3c(c2)C2C(C=N3)N(C)C(=O)N2c2ccc(C(C)(C)C#N)cc2)c1. The fraction of sp³-hybridized carbons (Fsp3) is 0.276. The largest absolute Gasteiger partial charge is 0.375 e. The molecule has 3 aromatic rings. The molecule has 2 atom stereocenters. The summed E-state index contributed by atoms with van der Waals surface area (Å²) in [5.74, 6) is -0.263. The number of nitrogens with one attached hydrogen (secondary N) is 1. The summed E-state index contributed by atoms with van der Waals surface area (Å²) in [6.45, 7) is 3.70. The van der Waals surface area contributed by atoms with E-state index in [0.717, 1.165) is 33.6 Å². The van der Waals surface area contributed by atoms with Gasteiger partial charge >= 0.3 is 6.03 Å². The molecule has 38 heavy (non-hydrogen) atoms. The third kappa shape index (κ3) is 4.40. The van der Waals surface area contributed by atoms with Gasteiger partial charge in [-0.2, -0.15) is 5.26 Å². The van der Waals surface area contributed by atoms with Crippen LogP contribution in [0.3, 0.4) is 0 Å². The second-order valence-electron chi connectivity index (χ2n) is 9.98. The van der Waals surface area contributed by atoms with Gasteiger partial charge in [0, 0.05) is 43.4 Å². The number of benzene rings is 2. The molecule has 9 nitrogen and oxygen atoms in total. The topological polar surface area (TPSA) is 111 Å². The van der Waals surface area contributed by atoms with E-state index in [2.05, 4.69) is 21.4 Å². The maximum Gasteiger partial charge on any atom is 0.325 e. The van der Waals surface area contributed by atoms with Gasteiger partial charge in [0.05, 0.1) is 41.1 Å². The lowest BCUT2D eigenvalue weighted by atomic mass is 9.86. The Bertz CT molecular complexity index is 1470. The van der Waals surface area contributed by atoms with Crippen molar-refractivity contribution in [2.75, 3.05) is 31.0 Å². The van der Waals surface area contributed by atoms with E-state index in [1.807, 2.05) is 68.6 Å². The number of urea groups is 1. The molecule has 2 aliphatic rings. The predicted octanol–water partition coefficient (Wildman–Crippen LogP) is 4.83. The second kappa shape index (κ2) is 9.72. The van der Waals surface area contributed by atoms with Gasteiger partial charge in [-0.3, -0.25) is 19.7 Å². The number of carbonyl (C=O) groups is 2. The number of nitrogens with zero attached hydrogens (tertiary/aromatic N) is 5. The van der Waals surface area contributed by atoms with Crippen LogP contribution in [-0.2, 0) is 14.9 Å². The second-order valence-corrected chi connectivity index (χ2v) is 9.98. The van der Waals surface area contributed by atoms with E-state index in [4.69, 9.17) is 4.74 Å². The molecule has 1 fully saturated rings. The van der Waals surface area contributed by atoms with Crippen LogP contribution in [0.1, 0.15) is 31.0 Å². The molecule has 2 aromatic carbocycles. The first-order valence-electron chi connectivity index (χ1n) is 12.2. The lowest BCUT2D eigenvalue weighted by Gasteiger charge is -2.30. The molecule has 1 N–H and O–H groups in total. The maximum absolute atomic E-state index is 13.5. The van der Waals surface area contributed by atoms with Gasteiger partial charge in [-0.05, 0) is 55.3 Å². The van der Waals surface area contributed by atoms with Crippen LogP contribution in [0.4, 0.5) is 21.9 Å². The number of fused-ring (bicyclic) bond motifs is 3. The Hall–Kier alpha value is -4.55. The number of aromatic nitrogens is 1. The molecule has 2 unspecified atom stereocenters. The van der Waals surface area contributed by atoms with Crippen molar-refractivity contribution >= 4 is 35.2 Å². The van der Waals surface area contributed by atoms with Gasteiger partial charge in [-0.1, -0.05) is 18.2 Å². The number of ether oxygens (including phenoxy) is 1. The molecule has 0 spiro atoms. The number of carbonyl (C=O) groups excluding carboxylic acids is 2. The number of anilines is 2. The van der Waals surface area contributed by atoms with Crippen LogP contribution in [0, 0.1) is 11.3 Å². The molecule has 3 heterocycles. The van der Waals surface area contributed by atoms with E-state index in [0.29, 0.717) is 5.69 Å². The van der Waals surface area contributed by atoms with E-state index < -0.39 is 5.41 Å². The summed E-state index contributed by atoms with van der Waals surface area (Å²) >= 11 is 0. The molecule has 192 valence electrons. The smallest absolute Gasteiger partial charge is 0.325 e. The Kier molecular flexibility index (Phi) is 6.43. The average molecular weight is 509 g/mol. The van der Waals surface area contributed by atoms with Crippen LogP contribution >= 0.6 is 0 Å². The zero-order chi connectivity index (χ0) is 27.0. The zero-order valence-corrected chi connectivity index (χ0v) is 21.7. The maximum atomic E-state index is 13.5. The normalized spacial score (nSPS) is 18.1. The van der Waals surface area contributed by atoms with Crippen molar-refractivity contribution in [1.82, 2.24) is 9.88 Å². The van der Waals surface area contributed by atoms with E-state index >= 15 is 0 Å². The van der Waals surface area contributed by atoms with Crippen molar-refractivity contribution in [3.63, 3.8) is 0 Å². The lowest BCUT2D eigenvalue weighted by Crippen LogP contribution is -2.33. The Morgan fingerprint density at radius 3 is 2.61 bits per heavy atom. The number of rotatable bonds is 6. The summed E-state index contributed by atoms with van der Waals surface area (Å²) in [5.41, 5.74) is 5.00. The van der Waals surface area contributed by atoms with Crippen molar-refractivity contribution in [3.05, 3.63) is 72.1 Å². The molecule has 2 aliphatic heterocycles. The van der Waals surface area contributed by atoms with Crippen molar-refractivity contribution in [2.24, 2.45) is 4.99 Å².